The topological polar surface area (TPSA) is 70.7 Å². The lowest BCUT2D eigenvalue weighted by Gasteiger charge is -2.19. The maximum atomic E-state index is 12.4. The third-order valence-electron chi connectivity index (χ3n) is 4.61. The zero-order valence-corrected chi connectivity index (χ0v) is 16.2. The Morgan fingerprint density at radius 3 is 2.73 bits per heavy atom. The van der Waals surface area contributed by atoms with Crippen LogP contribution in [-0.2, 0) is 14.3 Å². The van der Waals surface area contributed by atoms with Crippen molar-refractivity contribution in [3.8, 4) is 0 Å². The number of amides is 2. The van der Waals surface area contributed by atoms with Gasteiger partial charge in [-0.1, -0.05) is 23.7 Å². The van der Waals surface area contributed by atoms with Crippen LogP contribution >= 0.6 is 11.6 Å². The minimum Gasteiger partial charge on any atom is -0.383 e. The molecule has 7 heteroatoms. The summed E-state index contributed by atoms with van der Waals surface area (Å²) in [6.45, 7) is 5.81. The highest BCUT2D eigenvalue weighted by atomic mass is 35.5. The van der Waals surface area contributed by atoms with Gasteiger partial charge < -0.3 is 20.3 Å². The smallest absolute Gasteiger partial charge is 0.222 e. The van der Waals surface area contributed by atoms with Crippen molar-refractivity contribution in [2.45, 2.75) is 25.8 Å². The Kier molecular flexibility index (Phi) is 8.35. The second-order valence-corrected chi connectivity index (χ2v) is 7.20. The monoisotopic (exact) mass is 381 g/mol. The molecule has 0 spiro atoms. The second kappa shape index (κ2) is 10.5. The molecule has 0 aliphatic carbocycles. The molecule has 1 saturated heterocycles. The van der Waals surface area contributed by atoms with Gasteiger partial charge in [-0.3, -0.25) is 9.59 Å². The Morgan fingerprint density at radius 2 is 2.08 bits per heavy atom. The van der Waals surface area contributed by atoms with Gasteiger partial charge in [-0.15, -0.1) is 0 Å². The first-order valence-corrected chi connectivity index (χ1v) is 9.36. The van der Waals surface area contributed by atoms with Crippen LogP contribution in [0.2, 0.25) is 5.02 Å². The van der Waals surface area contributed by atoms with E-state index in [-0.39, 0.29) is 24.3 Å². The first-order valence-electron chi connectivity index (χ1n) is 8.98. The first kappa shape index (κ1) is 20.7. The Balaban J connectivity index is 1.81. The average molecular weight is 382 g/mol. The van der Waals surface area contributed by atoms with Gasteiger partial charge in [0.2, 0.25) is 11.8 Å². The van der Waals surface area contributed by atoms with Crippen molar-refractivity contribution < 1.29 is 14.3 Å². The van der Waals surface area contributed by atoms with Crippen LogP contribution in [0.5, 0.6) is 0 Å². The standard InChI is InChI=1S/C19H28ClN3O3/c1-14(24)22-18(16-3-5-17(20)6-4-16)11-19(25)21-12-15-7-8-23(13-15)9-10-26-2/h3-6,15,18H,7-13H2,1-2H3,(H,21,25)(H,22,24)/t15-,18+/m0/s1. The summed E-state index contributed by atoms with van der Waals surface area (Å²) in [6, 6.07) is 6.83. The summed E-state index contributed by atoms with van der Waals surface area (Å²) in [7, 11) is 1.71. The number of nitrogens with one attached hydrogen (secondary N) is 2. The second-order valence-electron chi connectivity index (χ2n) is 6.76. The van der Waals surface area contributed by atoms with Crippen LogP contribution in [-0.4, -0.2) is 56.6 Å². The Labute approximate surface area is 160 Å². The number of carbonyl (C=O) groups is 2. The van der Waals surface area contributed by atoms with E-state index in [1.165, 1.54) is 6.92 Å². The minimum atomic E-state index is -0.355. The maximum Gasteiger partial charge on any atom is 0.222 e. The molecule has 0 bridgehead atoms. The molecule has 0 unspecified atom stereocenters. The third kappa shape index (κ3) is 6.94. The fourth-order valence-corrected chi connectivity index (χ4v) is 3.34. The van der Waals surface area contributed by atoms with Crippen molar-refractivity contribution in [2.24, 2.45) is 5.92 Å². The lowest BCUT2D eigenvalue weighted by molar-refractivity contribution is -0.122. The molecule has 2 rings (SSSR count). The quantitative estimate of drug-likeness (QED) is 0.686. The summed E-state index contributed by atoms with van der Waals surface area (Å²) in [4.78, 5) is 26.2. The van der Waals surface area contributed by atoms with Gasteiger partial charge in [0.15, 0.2) is 0 Å². The van der Waals surface area contributed by atoms with Gasteiger partial charge in [0.1, 0.15) is 0 Å². The molecule has 2 atom stereocenters. The van der Waals surface area contributed by atoms with Crippen LogP contribution in [0.1, 0.15) is 31.4 Å². The van der Waals surface area contributed by atoms with Crippen LogP contribution < -0.4 is 10.6 Å². The Bertz CT molecular complexity index is 594. The molecule has 0 saturated carbocycles. The molecule has 0 radical (unpaired) electrons. The summed E-state index contributed by atoms with van der Waals surface area (Å²) in [6.07, 6.45) is 1.29. The highest BCUT2D eigenvalue weighted by Crippen LogP contribution is 2.20. The lowest BCUT2D eigenvalue weighted by atomic mass is 10.0. The summed E-state index contributed by atoms with van der Waals surface area (Å²) in [5, 5.41) is 6.48. The van der Waals surface area contributed by atoms with Crippen molar-refractivity contribution in [1.82, 2.24) is 15.5 Å². The van der Waals surface area contributed by atoms with Gasteiger partial charge in [-0.2, -0.15) is 0 Å². The van der Waals surface area contributed by atoms with E-state index in [4.69, 9.17) is 16.3 Å². The van der Waals surface area contributed by atoms with Crippen molar-refractivity contribution >= 4 is 23.4 Å². The first-order chi connectivity index (χ1) is 12.5. The molecular weight excluding hydrogens is 354 g/mol. The number of rotatable bonds is 9. The molecule has 6 nitrogen and oxygen atoms in total. The van der Waals surface area contributed by atoms with Crippen LogP contribution in [0.15, 0.2) is 24.3 Å². The van der Waals surface area contributed by atoms with E-state index in [1.54, 1.807) is 19.2 Å². The summed E-state index contributed by atoms with van der Waals surface area (Å²) < 4.78 is 5.11. The summed E-state index contributed by atoms with van der Waals surface area (Å²) in [5.74, 6) is 0.238. The number of benzene rings is 1. The molecule has 1 aromatic rings. The number of ether oxygens (including phenoxy) is 1. The highest BCUT2D eigenvalue weighted by molar-refractivity contribution is 6.30. The van der Waals surface area contributed by atoms with Gasteiger partial charge in [-0.25, -0.2) is 0 Å². The van der Waals surface area contributed by atoms with E-state index in [0.717, 1.165) is 38.2 Å². The van der Waals surface area contributed by atoms with Crippen LogP contribution in [0, 0.1) is 5.92 Å². The van der Waals surface area contributed by atoms with Crippen molar-refractivity contribution in [2.75, 3.05) is 39.9 Å². The normalized spacial score (nSPS) is 18.5. The number of hydrogen-bond donors (Lipinski definition) is 2. The summed E-state index contributed by atoms with van der Waals surface area (Å²) >= 11 is 5.92. The van der Waals surface area contributed by atoms with Gasteiger partial charge >= 0.3 is 0 Å². The predicted octanol–water partition coefficient (Wildman–Crippen LogP) is 1.99. The van der Waals surface area contributed by atoms with Crippen LogP contribution in [0.4, 0.5) is 0 Å². The molecular formula is C19H28ClN3O3. The number of hydrogen-bond acceptors (Lipinski definition) is 4. The molecule has 1 aromatic carbocycles. The zero-order chi connectivity index (χ0) is 18.9. The van der Waals surface area contributed by atoms with E-state index in [2.05, 4.69) is 15.5 Å². The lowest BCUT2D eigenvalue weighted by Crippen LogP contribution is -2.35. The predicted molar refractivity (Wildman–Crippen MR) is 102 cm³/mol. The molecule has 144 valence electrons. The van der Waals surface area contributed by atoms with Crippen LogP contribution in [0.3, 0.4) is 0 Å². The SMILES string of the molecule is COCCN1CC[C@@H](CNC(=O)C[C@@H](NC(C)=O)c2ccc(Cl)cc2)C1. The maximum absolute atomic E-state index is 12.4. The van der Waals surface area contributed by atoms with E-state index in [0.29, 0.717) is 17.5 Å². The molecule has 1 aliphatic rings. The number of likely N-dealkylation sites (tertiary alicyclic amines) is 1. The summed E-state index contributed by atoms with van der Waals surface area (Å²) in [5.41, 5.74) is 0.867. The van der Waals surface area contributed by atoms with Gasteiger partial charge in [0.05, 0.1) is 19.1 Å². The van der Waals surface area contributed by atoms with Crippen LogP contribution in [0.25, 0.3) is 0 Å². The van der Waals surface area contributed by atoms with Crippen molar-refractivity contribution in [1.29, 1.82) is 0 Å². The molecule has 2 N–H and O–H groups in total. The molecule has 1 heterocycles. The molecule has 1 fully saturated rings. The number of carbonyl (C=O) groups excluding carboxylic acids is 2. The Hall–Kier alpha value is -1.63. The largest absolute Gasteiger partial charge is 0.383 e. The molecule has 2 amide bonds. The Morgan fingerprint density at radius 1 is 1.35 bits per heavy atom. The van der Waals surface area contributed by atoms with Crippen molar-refractivity contribution in [3.63, 3.8) is 0 Å². The average Bonchev–Trinajstić information content (AvgIpc) is 3.06. The minimum absolute atomic E-state index is 0.0611. The van der Waals surface area contributed by atoms with Gasteiger partial charge in [-0.05, 0) is 36.6 Å². The highest BCUT2D eigenvalue weighted by Gasteiger charge is 2.23. The number of nitrogens with zero attached hydrogens (tertiary/aromatic N) is 1. The van der Waals surface area contributed by atoms with E-state index in [1.807, 2.05) is 12.1 Å². The molecule has 26 heavy (non-hydrogen) atoms. The van der Waals surface area contributed by atoms with Gasteiger partial charge in [0.25, 0.3) is 0 Å². The van der Waals surface area contributed by atoms with Crippen molar-refractivity contribution in [3.05, 3.63) is 34.9 Å². The number of methoxy groups -OCH3 is 1. The fourth-order valence-electron chi connectivity index (χ4n) is 3.21. The zero-order valence-electron chi connectivity index (χ0n) is 15.5. The van der Waals surface area contributed by atoms with E-state index in [9.17, 15) is 9.59 Å². The molecule has 0 aromatic heterocycles. The molecule has 1 aliphatic heterocycles. The van der Waals surface area contributed by atoms with E-state index >= 15 is 0 Å². The third-order valence-corrected chi connectivity index (χ3v) is 4.86. The van der Waals surface area contributed by atoms with E-state index < -0.39 is 0 Å². The van der Waals surface area contributed by atoms with Gasteiger partial charge in [0, 0.05) is 38.7 Å². The number of halogens is 1. The fraction of sp³-hybridized carbons (Fsp3) is 0.579.